The summed E-state index contributed by atoms with van der Waals surface area (Å²) in [5.74, 6) is 1.44. The number of hydrogen-bond donors (Lipinski definition) is 2. The third-order valence-corrected chi connectivity index (χ3v) is 5.84. The molecule has 0 atom stereocenters. The first-order valence-corrected chi connectivity index (χ1v) is 14.0. The maximum absolute atomic E-state index is 10.9. The van der Waals surface area contributed by atoms with E-state index in [-0.39, 0.29) is 0 Å². The van der Waals surface area contributed by atoms with Gasteiger partial charge in [0.1, 0.15) is 5.82 Å². The number of methoxy groups -OCH3 is 1. The van der Waals surface area contributed by atoms with Gasteiger partial charge in [-0.1, -0.05) is 50.9 Å². The Labute approximate surface area is 241 Å². The Kier molecular flexibility index (Phi) is 19.3. The summed E-state index contributed by atoms with van der Waals surface area (Å²) in [7, 11) is 5.13. The van der Waals surface area contributed by atoms with Crippen molar-refractivity contribution in [3.05, 3.63) is 54.3 Å². The van der Waals surface area contributed by atoms with E-state index in [1.165, 1.54) is 19.3 Å². The minimum Gasteiger partial charge on any atom is -0.388 e. The molecule has 2 saturated heterocycles. The Morgan fingerprint density at radius 3 is 2.21 bits per heavy atom. The summed E-state index contributed by atoms with van der Waals surface area (Å²) >= 11 is 6.04. The Morgan fingerprint density at radius 2 is 1.67 bits per heavy atom. The number of pyridine rings is 1. The van der Waals surface area contributed by atoms with Crippen molar-refractivity contribution in [1.29, 1.82) is 0 Å². The van der Waals surface area contributed by atoms with Crippen LogP contribution in [0.5, 0.6) is 0 Å². The molecule has 9 heteroatoms. The number of ether oxygens (including phenoxy) is 1. The smallest absolute Gasteiger partial charge is 0.222 e. The van der Waals surface area contributed by atoms with Crippen molar-refractivity contribution in [1.82, 2.24) is 14.8 Å². The highest BCUT2D eigenvalue weighted by Crippen LogP contribution is 2.30. The molecule has 4 N–H and O–H groups in total. The van der Waals surface area contributed by atoms with Gasteiger partial charge in [-0.05, 0) is 38.0 Å². The van der Waals surface area contributed by atoms with Gasteiger partial charge in [0.05, 0.1) is 11.3 Å². The number of aromatic nitrogens is 1. The number of rotatable bonds is 2. The molecule has 2 fully saturated rings. The van der Waals surface area contributed by atoms with Gasteiger partial charge in [0.25, 0.3) is 0 Å². The number of anilines is 2. The standard InChI is InChI=1S/C15H18ClN5.C7H13NO.C3H8.C3H6.C2H6O/c1-10(17)20-4-6-21(7-5-20)14-9-15(18)19-13-8-11(16)2-3-12(13)14;1-8-6-4-2-3-5-7(8)9;3*1-3-2/h2-3,8-9H,1,4-7,17H2,(H2,18,19);2-6H2,1H3;3H2,1-2H3;3H,1H2,2H3;1-2H3. The minimum atomic E-state index is 0.313. The minimum absolute atomic E-state index is 0.313. The van der Waals surface area contributed by atoms with Crippen molar-refractivity contribution in [2.45, 2.75) is 52.9 Å². The molecule has 0 aliphatic carbocycles. The number of benzene rings is 1. The van der Waals surface area contributed by atoms with Crippen LogP contribution in [0.2, 0.25) is 5.02 Å². The molecule has 3 heterocycles. The van der Waals surface area contributed by atoms with Crippen LogP contribution in [0.25, 0.3) is 10.9 Å². The molecule has 0 spiro atoms. The van der Waals surface area contributed by atoms with E-state index >= 15 is 0 Å². The van der Waals surface area contributed by atoms with E-state index in [9.17, 15) is 4.79 Å². The molecular formula is C30H51ClN6O2. The monoisotopic (exact) mass is 562 g/mol. The van der Waals surface area contributed by atoms with E-state index in [0.717, 1.165) is 62.2 Å². The van der Waals surface area contributed by atoms with E-state index in [0.29, 0.717) is 22.6 Å². The number of nitrogen functional groups attached to an aromatic ring is 1. The SMILES string of the molecule is C=C(N)N1CCN(c2cc(N)nc3cc(Cl)ccc23)CC1.C=CC.CCC.CN1CCCCCC1=O.COC. The average Bonchev–Trinajstić information content (AvgIpc) is 3.08. The van der Waals surface area contributed by atoms with Crippen LogP contribution >= 0.6 is 11.6 Å². The van der Waals surface area contributed by atoms with Crippen molar-refractivity contribution in [2.24, 2.45) is 5.73 Å². The van der Waals surface area contributed by atoms with Gasteiger partial charge in [0, 0.05) is 82.6 Å². The van der Waals surface area contributed by atoms with Crippen LogP contribution in [0.1, 0.15) is 52.9 Å². The highest BCUT2D eigenvalue weighted by molar-refractivity contribution is 6.31. The first kappa shape index (κ1) is 36.0. The second kappa shape index (κ2) is 20.9. The summed E-state index contributed by atoms with van der Waals surface area (Å²) in [6.45, 7) is 17.7. The molecule has 2 aliphatic rings. The molecule has 8 nitrogen and oxygen atoms in total. The van der Waals surface area contributed by atoms with Gasteiger partial charge in [-0.25, -0.2) is 4.98 Å². The zero-order chi connectivity index (χ0) is 29.8. The summed E-state index contributed by atoms with van der Waals surface area (Å²) in [6, 6.07) is 7.63. The summed E-state index contributed by atoms with van der Waals surface area (Å²) in [6.07, 6.45) is 7.25. The predicted octanol–water partition coefficient (Wildman–Crippen LogP) is 5.91. The Morgan fingerprint density at radius 1 is 1.10 bits per heavy atom. The van der Waals surface area contributed by atoms with E-state index in [4.69, 9.17) is 23.1 Å². The van der Waals surface area contributed by atoms with Crippen molar-refractivity contribution in [3.8, 4) is 0 Å². The molecule has 2 aliphatic heterocycles. The lowest BCUT2D eigenvalue weighted by molar-refractivity contribution is -0.129. The van der Waals surface area contributed by atoms with Gasteiger partial charge >= 0.3 is 0 Å². The number of fused-ring (bicyclic) bond motifs is 1. The third kappa shape index (κ3) is 14.1. The van der Waals surface area contributed by atoms with Crippen molar-refractivity contribution >= 4 is 39.9 Å². The lowest BCUT2D eigenvalue weighted by atomic mass is 10.1. The largest absolute Gasteiger partial charge is 0.388 e. The number of piperazine rings is 1. The predicted molar refractivity (Wildman–Crippen MR) is 169 cm³/mol. The van der Waals surface area contributed by atoms with Crippen LogP contribution in [-0.2, 0) is 9.53 Å². The van der Waals surface area contributed by atoms with Crippen LogP contribution in [0.4, 0.5) is 11.5 Å². The number of allylic oxidation sites excluding steroid dienone is 1. The van der Waals surface area contributed by atoms with Crippen LogP contribution in [0.3, 0.4) is 0 Å². The number of amides is 1. The number of hydrogen-bond acceptors (Lipinski definition) is 7. The lowest BCUT2D eigenvalue weighted by Gasteiger charge is -2.37. The molecule has 4 rings (SSSR count). The Hall–Kier alpha value is -2.97. The molecule has 0 unspecified atom stereocenters. The van der Waals surface area contributed by atoms with E-state index in [1.54, 1.807) is 20.3 Å². The second-order valence-electron chi connectivity index (χ2n) is 9.34. The van der Waals surface area contributed by atoms with Crippen molar-refractivity contribution in [3.63, 3.8) is 0 Å². The molecule has 39 heavy (non-hydrogen) atoms. The number of nitrogens with two attached hydrogens (primary N) is 2. The summed E-state index contributed by atoms with van der Waals surface area (Å²) in [5, 5.41) is 1.73. The normalized spacial score (nSPS) is 14.6. The number of carbonyl (C=O) groups excluding carboxylic acids is 1. The number of nitrogens with zero attached hydrogens (tertiary/aromatic N) is 4. The number of likely N-dealkylation sites (tertiary alicyclic amines) is 1. The highest BCUT2D eigenvalue weighted by Gasteiger charge is 2.19. The molecule has 1 aromatic heterocycles. The first-order chi connectivity index (χ1) is 18.6. The molecule has 0 radical (unpaired) electrons. The fourth-order valence-electron chi connectivity index (χ4n) is 3.82. The molecule has 1 amide bonds. The maximum atomic E-state index is 10.9. The Bertz CT molecular complexity index is 986. The average molecular weight is 563 g/mol. The molecule has 0 bridgehead atoms. The van der Waals surface area contributed by atoms with Crippen LogP contribution in [0, 0.1) is 0 Å². The zero-order valence-electron chi connectivity index (χ0n) is 25.0. The van der Waals surface area contributed by atoms with Crippen LogP contribution in [-0.4, -0.2) is 74.7 Å². The third-order valence-electron chi connectivity index (χ3n) is 5.61. The Balaban J connectivity index is 0.000000663. The van der Waals surface area contributed by atoms with Crippen molar-refractivity contribution in [2.75, 3.05) is 64.6 Å². The summed E-state index contributed by atoms with van der Waals surface area (Å²) in [5.41, 5.74) is 13.6. The molecule has 0 saturated carbocycles. The zero-order valence-corrected chi connectivity index (χ0v) is 25.8. The molecule has 2 aromatic rings. The van der Waals surface area contributed by atoms with Crippen LogP contribution in [0.15, 0.2) is 49.3 Å². The van der Waals surface area contributed by atoms with Gasteiger partial charge < -0.3 is 30.9 Å². The molecular weight excluding hydrogens is 512 g/mol. The summed E-state index contributed by atoms with van der Waals surface area (Å²) < 4.78 is 4.25. The van der Waals surface area contributed by atoms with Crippen molar-refractivity contribution < 1.29 is 9.53 Å². The fraction of sp³-hybridized carbons (Fsp3) is 0.533. The molecule has 220 valence electrons. The van der Waals surface area contributed by atoms with E-state index in [1.807, 2.05) is 43.1 Å². The first-order valence-electron chi connectivity index (χ1n) is 13.6. The van der Waals surface area contributed by atoms with Gasteiger partial charge in [-0.2, -0.15) is 0 Å². The molecule has 1 aromatic carbocycles. The topological polar surface area (TPSA) is 101 Å². The van der Waals surface area contributed by atoms with Gasteiger partial charge in [0.2, 0.25) is 5.91 Å². The van der Waals surface area contributed by atoms with Gasteiger partial charge in [0.15, 0.2) is 0 Å². The van der Waals surface area contributed by atoms with E-state index < -0.39 is 0 Å². The van der Waals surface area contributed by atoms with Gasteiger partial charge in [-0.15, -0.1) is 6.58 Å². The summed E-state index contributed by atoms with van der Waals surface area (Å²) in [4.78, 5) is 21.5. The van der Waals surface area contributed by atoms with Crippen LogP contribution < -0.4 is 16.4 Å². The lowest BCUT2D eigenvalue weighted by Crippen LogP contribution is -2.47. The number of halogens is 1. The number of carbonyl (C=O) groups is 1. The van der Waals surface area contributed by atoms with Gasteiger partial charge in [-0.3, -0.25) is 4.79 Å². The second-order valence-corrected chi connectivity index (χ2v) is 9.78. The fourth-order valence-corrected chi connectivity index (χ4v) is 3.98. The van der Waals surface area contributed by atoms with E-state index in [2.05, 4.69) is 46.5 Å². The maximum Gasteiger partial charge on any atom is 0.222 e. The highest BCUT2D eigenvalue weighted by atomic mass is 35.5. The quantitative estimate of drug-likeness (QED) is 0.438.